The van der Waals surface area contributed by atoms with Crippen LogP contribution in [-0.2, 0) is 0 Å². The third kappa shape index (κ3) is 2.74. The Labute approximate surface area is 124 Å². The molecule has 2 heterocycles. The summed E-state index contributed by atoms with van der Waals surface area (Å²) in [6.07, 6.45) is 3.93. The Balaban J connectivity index is 1.81. The zero-order chi connectivity index (χ0) is 14.8. The SMILES string of the molecule is CC(C(=O)c1c[nH]c2ccccc12)N1CCCC(CO)C1. The Morgan fingerprint density at radius 1 is 1.48 bits per heavy atom. The predicted octanol–water partition coefficient (Wildman–Crippen LogP) is 2.44. The van der Waals surface area contributed by atoms with Gasteiger partial charge in [-0.3, -0.25) is 9.69 Å². The molecule has 2 unspecified atom stereocenters. The minimum absolute atomic E-state index is 0.140. The lowest BCUT2D eigenvalue weighted by atomic mass is 9.95. The molecule has 2 aromatic rings. The number of ketones is 1. The summed E-state index contributed by atoms with van der Waals surface area (Å²) in [5.41, 5.74) is 1.77. The van der Waals surface area contributed by atoms with E-state index in [1.54, 1.807) is 0 Å². The fraction of sp³-hybridized carbons (Fsp3) is 0.471. The maximum Gasteiger partial charge on any atom is 0.181 e. The minimum atomic E-state index is -0.140. The molecule has 1 aromatic carbocycles. The van der Waals surface area contributed by atoms with Crippen LogP contribution in [0.15, 0.2) is 30.5 Å². The van der Waals surface area contributed by atoms with Crippen molar-refractivity contribution in [3.05, 3.63) is 36.0 Å². The quantitative estimate of drug-likeness (QED) is 0.849. The molecule has 3 rings (SSSR count). The van der Waals surface area contributed by atoms with E-state index in [2.05, 4.69) is 9.88 Å². The van der Waals surface area contributed by atoms with Gasteiger partial charge in [0.05, 0.1) is 6.04 Å². The number of fused-ring (bicyclic) bond motifs is 1. The molecule has 0 amide bonds. The molecule has 21 heavy (non-hydrogen) atoms. The number of carbonyl (C=O) groups excluding carboxylic acids is 1. The van der Waals surface area contributed by atoms with Gasteiger partial charge in [0.25, 0.3) is 0 Å². The second-order valence-corrected chi connectivity index (χ2v) is 5.97. The highest BCUT2D eigenvalue weighted by atomic mass is 16.3. The average Bonchev–Trinajstić information content (AvgIpc) is 2.97. The number of aliphatic hydroxyl groups excluding tert-OH is 1. The van der Waals surface area contributed by atoms with Crippen LogP contribution in [-0.4, -0.2) is 46.5 Å². The van der Waals surface area contributed by atoms with Crippen LogP contribution in [0.4, 0.5) is 0 Å². The molecule has 1 aliphatic rings. The summed E-state index contributed by atoms with van der Waals surface area (Å²) in [6.45, 7) is 3.94. The zero-order valence-electron chi connectivity index (χ0n) is 12.4. The van der Waals surface area contributed by atoms with Gasteiger partial charge in [-0.25, -0.2) is 0 Å². The third-order valence-corrected chi connectivity index (χ3v) is 4.59. The summed E-state index contributed by atoms with van der Waals surface area (Å²) >= 11 is 0. The molecule has 112 valence electrons. The van der Waals surface area contributed by atoms with Crippen molar-refractivity contribution in [2.45, 2.75) is 25.8 Å². The number of nitrogens with zero attached hydrogens (tertiary/aromatic N) is 1. The Kier molecular flexibility index (Phi) is 4.08. The standard InChI is InChI=1S/C17H22N2O2/c1-12(19-8-4-5-13(10-19)11-20)17(21)15-9-18-16-7-3-2-6-14(15)16/h2-3,6-7,9,12-13,18,20H,4-5,8,10-11H2,1H3. The zero-order valence-corrected chi connectivity index (χ0v) is 12.4. The molecule has 2 N–H and O–H groups in total. The first kappa shape index (κ1) is 14.3. The second kappa shape index (κ2) is 6.00. The van der Waals surface area contributed by atoms with Gasteiger partial charge < -0.3 is 10.1 Å². The van der Waals surface area contributed by atoms with Gasteiger partial charge in [-0.05, 0) is 38.3 Å². The molecule has 0 saturated carbocycles. The summed E-state index contributed by atoms with van der Waals surface area (Å²) in [5.74, 6) is 0.461. The van der Waals surface area contributed by atoms with Gasteiger partial charge in [0.1, 0.15) is 0 Å². The van der Waals surface area contributed by atoms with Crippen LogP contribution in [0.1, 0.15) is 30.1 Å². The van der Waals surface area contributed by atoms with Crippen molar-refractivity contribution in [2.75, 3.05) is 19.7 Å². The smallest absolute Gasteiger partial charge is 0.181 e. The summed E-state index contributed by atoms with van der Waals surface area (Å²) in [4.78, 5) is 18.2. The molecule has 1 fully saturated rings. The molecule has 1 saturated heterocycles. The molecule has 1 aliphatic heterocycles. The first-order valence-corrected chi connectivity index (χ1v) is 7.66. The number of hydrogen-bond donors (Lipinski definition) is 2. The van der Waals surface area contributed by atoms with E-state index in [-0.39, 0.29) is 18.4 Å². The summed E-state index contributed by atoms with van der Waals surface area (Å²) < 4.78 is 0. The number of rotatable bonds is 4. The largest absolute Gasteiger partial charge is 0.396 e. The monoisotopic (exact) mass is 286 g/mol. The summed E-state index contributed by atoms with van der Waals surface area (Å²) in [6, 6.07) is 7.75. The van der Waals surface area contributed by atoms with E-state index in [0.717, 1.165) is 42.4 Å². The molecule has 0 radical (unpaired) electrons. The Bertz CT molecular complexity index is 635. The van der Waals surface area contributed by atoms with E-state index in [1.807, 2.05) is 37.4 Å². The average molecular weight is 286 g/mol. The van der Waals surface area contributed by atoms with Crippen LogP contribution < -0.4 is 0 Å². The van der Waals surface area contributed by atoms with Gasteiger partial charge in [0.15, 0.2) is 5.78 Å². The molecule has 0 bridgehead atoms. The topological polar surface area (TPSA) is 56.3 Å². The van der Waals surface area contributed by atoms with E-state index in [4.69, 9.17) is 0 Å². The van der Waals surface area contributed by atoms with Gasteiger partial charge in [0.2, 0.25) is 0 Å². The summed E-state index contributed by atoms with van der Waals surface area (Å²) in [5, 5.41) is 10.3. The van der Waals surface area contributed by atoms with Gasteiger partial charge in [-0.15, -0.1) is 0 Å². The number of likely N-dealkylation sites (tertiary alicyclic amines) is 1. The number of piperidine rings is 1. The van der Waals surface area contributed by atoms with Gasteiger partial charge >= 0.3 is 0 Å². The third-order valence-electron chi connectivity index (χ3n) is 4.59. The normalized spacial score (nSPS) is 21.5. The van der Waals surface area contributed by atoms with Crippen LogP contribution >= 0.6 is 0 Å². The van der Waals surface area contributed by atoms with Gasteiger partial charge in [-0.2, -0.15) is 0 Å². The molecule has 4 nitrogen and oxygen atoms in total. The van der Waals surface area contributed by atoms with Gasteiger partial charge in [0, 0.05) is 35.8 Å². The first-order valence-electron chi connectivity index (χ1n) is 7.66. The van der Waals surface area contributed by atoms with Gasteiger partial charge in [-0.1, -0.05) is 18.2 Å². The number of H-pyrrole nitrogens is 1. The van der Waals surface area contributed by atoms with Crippen molar-refractivity contribution in [2.24, 2.45) is 5.92 Å². The molecular formula is C17H22N2O2. The fourth-order valence-corrected chi connectivity index (χ4v) is 3.26. The minimum Gasteiger partial charge on any atom is -0.396 e. The Morgan fingerprint density at radius 3 is 3.10 bits per heavy atom. The number of hydrogen-bond acceptors (Lipinski definition) is 3. The molecule has 1 aromatic heterocycles. The van der Waals surface area contributed by atoms with E-state index < -0.39 is 0 Å². The van der Waals surface area contributed by atoms with Crippen molar-refractivity contribution in [1.82, 2.24) is 9.88 Å². The highest BCUT2D eigenvalue weighted by Gasteiger charge is 2.28. The lowest BCUT2D eigenvalue weighted by Crippen LogP contribution is -2.45. The van der Waals surface area contributed by atoms with Crippen LogP contribution in [0.25, 0.3) is 10.9 Å². The molecule has 2 atom stereocenters. The molecule has 0 aliphatic carbocycles. The lowest BCUT2D eigenvalue weighted by molar-refractivity contribution is 0.0675. The lowest BCUT2D eigenvalue weighted by Gasteiger charge is -2.35. The maximum atomic E-state index is 12.8. The van der Waals surface area contributed by atoms with Crippen molar-refractivity contribution < 1.29 is 9.90 Å². The number of carbonyl (C=O) groups is 1. The number of aromatic nitrogens is 1. The predicted molar refractivity (Wildman–Crippen MR) is 83.5 cm³/mol. The van der Waals surface area contributed by atoms with Crippen LogP contribution in [0.2, 0.25) is 0 Å². The van der Waals surface area contributed by atoms with Crippen molar-refractivity contribution >= 4 is 16.7 Å². The Morgan fingerprint density at radius 2 is 2.29 bits per heavy atom. The van der Waals surface area contributed by atoms with Crippen LogP contribution in [0.5, 0.6) is 0 Å². The fourth-order valence-electron chi connectivity index (χ4n) is 3.26. The van der Waals surface area contributed by atoms with Crippen LogP contribution in [0, 0.1) is 5.92 Å². The van der Waals surface area contributed by atoms with E-state index in [9.17, 15) is 9.90 Å². The highest BCUT2D eigenvalue weighted by molar-refractivity contribution is 6.10. The molecule has 0 spiro atoms. The maximum absolute atomic E-state index is 12.8. The van der Waals surface area contributed by atoms with Crippen LogP contribution in [0.3, 0.4) is 0 Å². The molecule has 4 heteroatoms. The molecular weight excluding hydrogens is 264 g/mol. The number of aliphatic hydroxyl groups is 1. The Hall–Kier alpha value is -1.65. The summed E-state index contributed by atoms with van der Waals surface area (Å²) in [7, 11) is 0. The number of para-hydroxylation sites is 1. The number of nitrogens with one attached hydrogen (secondary N) is 1. The number of aromatic amines is 1. The van der Waals surface area contributed by atoms with Crippen molar-refractivity contribution in [1.29, 1.82) is 0 Å². The number of benzene rings is 1. The van der Waals surface area contributed by atoms with E-state index in [1.165, 1.54) is 0 Å². The first-order chi connectivity index (χ1) is 10.2. The highest BCUT2D eigenvalue weighted by Crippen LogP contribution is 2.23. The number of Topliss-reactive ketones (excluding diaryl/α,β-unsaturated/α-hetero) is 1. The second-order valence-electron chi connectivity index (χ2n) is 5.97. The van der Waals surface area contributed by atoms with E-state index >= 15 is 0 Å². The van der Waals surface area contributed by atoms with E-state index in [0.29, 0.717) is 5.92 Å². The van der Waals surface area contributed by atoms with Crippen molar-refractivity contribution in [3.8, 4) is 0 Å². The van der Waals surface area contributed by atoms with Crippen molar-refractivity contribution in [3.63, 3.8) is 0 Å².